The number of H-pyrrole nitrogens is 1. The van der Waals surface area contributed by atoms with E-state index in [2.05, 4.69) is 10.2 Å². The zero-order valence-corrected chi connectivity index (χ0v) is 10.7. The molecule has 0 atom stereocenters. The summed E-state index contributed by atoms with van der Waals surface area (Å²) in [4.78, 5) is 24.7. The Morgan fingerprint density at radius 3 is 2.79 bits per heavy atom. The van der Waals surface area contributed by atoms with Crippen molar-refractivity contribution in [3.63, 3.8) is 0 Å². The number of carbonyl (C=O) groups is 1. The topological polar surface area (TPSA) is 101 Å². The number of rotatable bonds is 4. The molecule has 0 spiro atoms. The van der Waals surface area contributed by atoms with Crippen LogP contribution in [-0.2, 0) is 4.74 Å². The van der Waals surface area contributed by atoms with E-state index in [0.717, 1.165) is 12.8 Å². The van der Waals surface area contributed by atoms with Gasteiger partial charge in [-0.3, -0.25) is 9.59 Å². The van der Waals surface area contributed by atoms with E-state index in [1.165, 1.54) is 12.1 Å². The van der Waals surface area contributed by atoms with E-state index in [1.807, 2.05) is 0 Å². The van der Waals surface area contributed by atoms with Crippen LogP contribution in [0.15, 0.2) is 16.9 Å². The first-order valence-corrected chi connectivity index (χ1v) is 6.37. The van der Waals surface area contributed by atoms with E-state index in [1.54, 1.807) is 4.90 Å². The molecular formula is C12H18N4O3. The van der Waals surface area contributed by atoms with Crippen molar-refractivity contribution in [1.82, 2.24) is 15.1 Å². The van der Waals surface area contributed by atoms with Gasteiger partial charge in [0.25, 0.3) is 11.5 Å². The number of hydrogen-bond donors (Lipinski definition) is 2. The molecule has 104 valence electrons. The molecular weight excluding hydrogens is 248 g/mol. The average Bonchev–Trinajstić information content (AvgIpc) is 2.46. The Labute approximate surface area is 110 Å². The standard InChI is InChI=1S/C12H18N4O3/c13-5-8-19-9-3-6-16(7-4-9)12(18)10-1-2-11(17)15-14-10/h1-2,9H,3-8,13H2,(H,15,17). The van der Waals surface area contributed by atoms with Gasteiger partial charge in [0.05, 0.1) is 12.7 Å². The number of carbonyl (C=O) groups excluding carboxylic acids is 1. The third-order valence-electron chi connectivity index (χ3n) is 3.10. The molecule has 7 nitrogen and oxygen atoms in total. The molecule has 0 unspecified atom stereocenters. The largest absolute Gasteiger partial charge is 0.377 e. The Morgan fingerprint density at radius 2 is 2.21 bits per heavy atom. The van der Waals surface area contributed by atoms with Gasteiger partial charge in [0.2, 0.25) is 0 Å². The van der Waals surface area contributed by atoms with Crippen molar-refractivity contribution in [2.24, 2.45) is 5.73 Å². The fourth-order valence-electron chi connectivity index (χ4n) is 2.09. The molecule has 2 heterocycles. The van der Waals surface area contributed by atoms with Gasteiger partial charge in [-0.2, -0.15) is 5.10 Å². The Bertz CT molecular complexity index is 460. The van der Waals surface area contributed by atoms with E-state index in [0.29, 0.717) is 26.2 Å². The second-order valence-electron chi connectivity index (χ2n) is 4.46. The summed E-state index contributed by atoms with van der Waals surface area (Å²) in [5.41, 5.74) is 5.33. The van der Waals surface area contributed by atoms with Gasteiger partial charge in [-0.15, -0.1) is 0 Å². The number of ether oxygens (including phenoxy) is 1. The number of amides is 1. The molecule has 0 radical (unpaired) electrons. The molecule has 0 aliphatic carbocycles. The summed E-state index contributed by atoms with van der Waals surface area (Å²) < 4.78 is 5.56. The number of nitrogens with one attached hydrogen (secondary N) is 1. The summed E-state index contributed by atoms with van der Waals surface area (Å²) in [6.07, 6.45) is 1.78. The van der Waals surface area contributed by atoms with Gasteiger partial charge in [0.1, 0.15) is 5.69 Å². The van der Waals surface area contributed by atoms with Gasteiger partial charge in [-0.1, -0.05) is 0 Å². The second kappa shape index (κ2) is 6.44. The van der Waals surface area contributed by atoms with E-state index >= 15 is 0 Å². The van der Waals surface area contributed by atoms with Crippen molar-refractivity contribution >= 4 is 5.91 Å². The fourth-order valence-corrected chi connectivity index (χ4v) is 2.09. The molecule has 3 N–H and O–H groups in total. The molecule has 1 aliphatic rings. The third-order valence-corrected chi connectivity index (χ3v) is 3.10. The zero-order chi connectivity index (χ0) is 13.7. The van der Waals surface area contributed by atoms with Crippen LogP contribution in [0.4, 0.5) is 0 Å². The van der Waals surface area contributed by atoms with Gasteiger partial charge in [0.15, 0.2) is 0 Å². The van der Waals surface area contributed by atoms with Crippen molar-refractivity contribution in [2.75, 3.05) is 26.2 Å². The van der Waals surface area contributed by atoms with Crippen LogP contribution in [0.2, 0.25) is 0 Å². The van der Waals surface area contributed by atoms with Gasteiger partial charge >= 0.3 is 0 Å². The SMILES string of the molecule is NCCOC1CCN(C(=O)c2ccc(=O)[nH]n2)CC1. The highest BCUT2D eigenvalue weighted by Gasteiger charge is 2.24. The predicted molar refractivity (Wildman–Crippen MR) is 68.8 cm³/mol. The van der Waals surface area contributed by atoms with Crippen molar-refractivity contribution < 1.29 is 9.53 Å². The highest BCUT2D eigenvalue weighted by molar-refractivity contribution is 5.92. The highest BCUT2D eigenvalue weighted by Crippen LogP contribution is 2.15. The van der Waals surface area contributed by atoms with E-state index in [9.17, 15) is 9.59 Å². The van der Waals surface area contributed by atoms with Crippen LogP contribution in [0.5, 0.6) is 0 Å². The molecule has 0 saturated carbocycles. The van der Waals surface area contributed by atoms with Gasteiger partial charge in [-0.25, -0.2) is 5.10 Å². The minimum Gasteiger partial charge on any atom is -0.377 e. The quantitative estimate of drug-likeness (QED) is 0.754. The Kier molecular flexibility index (Phi) is 4.64. The number of hydrogen-bond acceptors (Lipinski definition) is 5. The fraction of sp³-hybridized carbons (Fsp3) is 0.583. The number of aromatic nitrogens is 2. The van der Waals surface area contributed by atoms with E-state index in [4.69, 9.17) is 10.5 Å². The van der Waals surface area contributed by atoms with Crippen LogP contribution in [0.3, 0.4) is 0 Å². The highest BCUT2D eigenvalue weighted by atomic mass is 16.5. The molecule has 19 heavy (non-hydrogen) atoms. The lowest BCUT2D eigenvalue weighted by Crippen LogP contribution is -2.41. The smallest absolute Gasteiger partial charge is 0.274 e. The van der Waals surface area contributed by atoms with Crippen LogP contribution in [0, 0.1) is 0 Å². The zero-order valence-electron chi connectivity index (χ0n) is 10.7. The summed E-state index contributed by atoms with van der Waals surface area (Å²) >= 11 is 0. The minimum atomic E-state index is -0.314. The predicted octanol–water partition coefficient (Wildman–Crippen LogP) is -0.650. The van der Waals surface area contributed by atoms with Crippen molar-refractivity contribution in [2.45, 2.75) is 18.9 Å². The summed E-state index contributed by atoms with van der Waals surface area (Å²) in [5, 5.41) is 6.01. The average molecular weight is 266 g/mol. The maximum atomic E-state index is 12.1. The van der Waals surface area contributed by atoms with Crippen LogP contribution in [0.25, 0.3) is 0 Å². The van der Waals surface area contributed by atoms with Crippen LogP contribution in [-0.4, -0.2) is 53.3 Å². The van der Waals surface area contributed by atoms with Crippen molar-refractivity contribution in [1.29, 1.82) is 0 Å². The number of likely N-dealkylation sites (tertiary alicyclic amines) is 1. The van der Waals surface area contributed by atoms with Crippen LogP contribution < -0.4 is 11.3 Å². The third kappa shape index (κ3) is 3.62. The lowest BCUT2D eigenvalue weighted by molar-refractivity contribution is 0.0119. The van der Waals surface area contributed by atoms with Gasteiger partial charge in [-0.05, 0) is 18.9 Å². The minimum absolute atomic E-state index is 0.159. The molecule has 1 aromatic heterocycles. The molecule has 1 fully saturated rings. The first-order valence-electron chi connectivity index (χ1n) is 6.37. The van der Waals surface area contributed by atoms with Gasteiger partial charge < -0.3 is 15.4 Å². The summed E-state index contributed by atoms with van der Waals surface area (Å²) in [7, 11) is 0. The Hall–Kier alpha value is -1.73. The van der Waals surface area contributed by atoms with Crippen molar-refractivity contribution in [3.8, 4) is 0 Å². The summed E-state index contributed by atoms with van der Waals surface area (Å²) in [6.45, 7) is 2.34. The summed E-state index contributed by atoms with van der Waals surface area (Å²) in [5.74, 6) is -0.159. The first kappa shape index (κ1) is 13.7. The number of nitrogens with zero attached hydrogens (tertiary/aromatic N) is 2. The number of piperidine rings is 1. The molecule has 7 heteroatoms. The number of aromatic amines is 1. The van der Waals surface area contributed by atoms with Crippen molar-refractivity contribution in [3.05, 3.63) is 28.2 Å². The maximum Gasteiger partial charge on any atom is 0.274 e. The molecule has 1 aliphatic heterocycles. The number of nitrogens with two attached hydrogens (primary N) is 1. The molecule has 0 bridgehead atoms. The summed E-state index contributed by atoms with van der Waals surface area (Å²) in [6, 6.07) is 2.75. The van der Waals surface area contributed by atoms with E-state index in [-0.39, 0.29) is 23.3 Å². The lowest BCUT2D eigenvalue weighted by atomic mass is 10.1. The Morgan fingerprint density at radius 1 is 1.47 bits per heavy atom. The molecule has 2 rings (SSSR count). The Balaban J connectivity index is 1.88. The molecule has 1 amide bonds. The van der Waals surface area contributed by atoms with E-state index < -0.39 is 0 Å². The molecule has 1 aromatic rings. The van der Waals surface area contributed by atoms with Crippen LogP contribution in [0.1, 0.15) is 23.3 Å². The first-order chi connectivity index (χ1) is 9.20. The molecule has 0 aromatic carbocycles. The monoisotopic (exact) mass is 266 g/mol. The molecule has 1 saturated heterocycles. The second-order valence-corrected chi connectivity index (χ2v) is 4.46. The van der Waals surface area contributed by atoms with Crippen LogP contribution >= 0.6 is 0 Å². The normalized spacial score (nSPS) is 16.6. The van der Waals surface area contributed by atoms with Gasteiger partial charge in [0, 0.05) is 25.7 Å². The lowest BCUT2D eigenvalue weighted by Gasteiger charge is -2.31. The maximum absolute atomic E-state index is 12.1.